The maximum Gasteiger partial charge on any atom is 0.327 e. The minimum atomic E-state index is -0.902. The number of likely N-dealkylation sites (tertiary alicyclic amines) is 1. The highest BCUT2D eigenvalue weighted by atomic mass is 16.5. The number of carboxylic acid groups (broad SMARTS) is 1. The Labute approximate surface area is 239 Å². The van der Waals surface area contributed by atoms with Gasteiger partial charge in [0.1, 0.15) is 5.52 Å². The van der Waals surface area contributed by atoms with Crippen LogP contribution < -0.4 is 16.2 Å². The Morgan fingerprint density at radius 2 is 2.00 bits per heavy atom. The number of nitrogens with zero attached hydrogens (tertiary/aromatic N) is 5. The Bertz CT molecular complexity index is 1410. The molecular weight excluding hydrogens is 526 g/mol. The van der Waals surface area contributed by atoms with Crippen LogP contribution in [0.25, 0.3) is 11.2 Å². The van der Waals surface area contributed by atoms with Crippen LogP contribution >= 0.6 is 0 Å². The Kier molecular flexibility index (Phi) is 9.98. The molecule has 4 N–H and O–H groups in total. The highest BCUT2D eigenvalue weighted by molar-refractivity contribution is 5.82. The number of unbranched alkanes of at least 4 members (excludes halogenated alkanes) is 1. The molecular formula is C29H41N7O5. The molecule has 1 fully saturated rings. The van der Waals surface area contributed by atoms with Crippen molar-refractivity contribution in [3.63, 3.8) is 0 Å². The molecule has 0 radical (unpaired) electrons. The third kappa shape index (κ3) is 7.43. The molecule has 222 valence electrons. The fraction of sp³-hybridized carbons (Fsp3) is 0.552. The normalized spacial score (nSPS) is 15.2. The number of benzene rings is 1. The van der Waals surface area contributed by atoms with Gasteiger partial charge in [0.25, 0.3) is 0 Å². The summed E-state index contributed by atoms with van der Waals surface area (Å²) >= 11 is 0. The second-order valence-electron chi connectivity index (χ2n) is 10.8. The molecule has 0 aliphatic carbocycles. The largest absolute Gasteiger partial charge is 0.481 e. The molecule has 3 aromatic rings. The molecule has 1 unspecified atom stereocenters. The fourth-order valence-corrected chi connectivity index (χ4v) is 5.22. The molecule has 0 saturated carbocycles. The Hall–Kier alpha value is -3.93. The first-order valence-corrected chi connectivity index (χ1v) is 14.4. The highest BCUT2D eigenvalue weighted by Crippen LogP contribution is 2.22. The zero-order valence-electron chi connectivity index (χ0n) is 24.1. The van der Waals surface area contributed by atoms with E-state index in [1.54, 1.807) is 25.1 Å². The molecule has 1 amide bonds. The molecule has 1 aliphatic heterocycles. The first-order chi connectivity index (χ1) is 19.7. The fourth-order valence-electron chi connectivity index (χ4n) is 5.22. The van der Waals surface area contributed by atoms with Crippen molar-refractivity contribution in [2.75, 3.05) is 39.0 Å². The summed E-state index contributed by atoms with van der Waals surface area (Å²) in [4.78, 5) is 53.5. The van der Waals surface area contributed by atoms with E-state index in [1.165, 1.54) is 4.57 Å². The van der Waals surface area contributed by atoms with E-state index in [-0.39, 0.29) is 35.9 Å². The van der Waals surface area contributed by atoms with Gasteiger partial charge in [0.05, 0.1) is 18.9 Å². The summed E-state index contributed by atoms with van der Waals surface area (Å²) < 4.78 is 7.16. The van der Waals surface area contributed by atoms with Crippen molar-refractivity contribution in [1.29, 1.82) is 0 Å². The van der Waals surface area contributed by atoms with Crippen LogP contribution in [0.3, 0.4) is 0 Å². The standard InChI is InChI=1S/C29H41N7O5/c1-4-5-16-41-28-32-25(30)24-26(33-28)36(29(40)31-24)13-7-12-35(22-10-14-34(3)15-11-22)23(37)18-20-8-6-9-21(17-20)19(2)27(38)39/h6,8-9,17,19,22H,4-5,7,10-16,18H2,1-3H3,(H,31,40)(H,38,39)(H2,30,32,33). The molecule has 1 atom stereocenters. The topological polar surface area (TPSA) is 160 Å². The van der Waals surface area contributed by atoms with E-state index in [2.05, 4.69) is 33.8 Å². The summed E-state index contributed by atoms with van der Waals surface area (Å²) in [5, 5.41) is 9.40. The molecule has 1 aromatic carbocycles. The number of piperidine rings is 1. The number of carbonyl (C=O) groups excluding carboxylic acids is 1. The summed E-state index contributed by atoms with van der Waals surface area (Å²) in [6.07, 6.45) is 4.27. The number of aromatic amines is 1. The number of hydrogen-bond donors (Lipinski definition) is 3. The van der Waals surface area contributed by atoms with Gasteiger partial charge in [-0.25, -0.2) is 4.79 Å². The Morgan fingerprint density at radius 3 is 2.71 bits per heavy atom. The predicted molar refractivity (Wildman–Crippen MR) is 156 cm³/mol. The van der Waals surface area contributed by atoms with Crippen LogP contribution in [0, 0.1) is 0 Å². The average Bonchev–Trinajstić information content (AvgIpc) is 3.27. The number of H-pyrrole nitrogens is 1. The van der Waals surface area contributed by atoms with Crippen LogP contribution in [0.2, 0.25) is 0 Å². The number of aryl methyl sites for hydroxylation is 1. The van der Waals surface area contributed by atoms with Gasteiger partial charge in [-0.05, 0) is 63.9 Å². The van der Waals surface area contributed by atoms with Crippen LogP contribution in [-0.4, -0.2) is 85.6 Å². The smallest absolute Gasteiger partial charge is 0.327 e. The summed E-state index contributed by atoms with van der Waals surface area (Å²) in [6.45, 7) is 6.77. The number of aliphatic carboxylic acids is 1. The number of ether oxygens (including phenoxy) is 1. The van der Waals surface area contributed by atoms with Gasteiger partial charge >= 0.3 is 17.7 Å². The number of amides is 1. The first-order valence-electron chi connectivity index (χ1n) is 14.4. The number of aromatic nitrogens is 4. The molecule has 1 saturated heterocycles. The van der Waals surface area contributed by atoms with Crippen LogP contribution in [0.15, 0.2) is 29.1 Å². The number of carboxylic acids is 1. The van der Waals surface area contributed by atoms with E-state index < -0.39 is 11.9 Å². The first kappa shape index (κ1) is 30.0. The van der Waals surface area contributed by atoms with Gasteiger partial charge in [-0.15, -0.1) is 0 Å². The van der Waals surface area contributed by atoms with Gasteiger partial charge < -0.3 is 30.4 Å². The number of imidazole rings is 1. The van der Waals surface area contributed by atoms with Gasteiger partial charge in [0.15, 0.2) is 11.5 Å². The molecule has 1 aliphatic rings. The minimum absolute atomic E-state index is 0.0101. The summed E-state index contributed by atoms with van der Waals surface area (Å²) in [6, 6.07) is 7.47. The quantitative estimate of drug-likeness (QED) is 0.264. The van der Waals surface area contributed by atoms with E-state index >= 15 is 0 Å². The zero-order chi connectivity index (χ0) is 29.5. The number of fused-ring (bicyclic) bond motifs is 1. The van der Waals surface area contributed by atoms with Gasteiger partial charge in [-0.2, -0.15) is 9.97 Å². The predicted octanol–water partition coefficient (Wildman–Crippen LogP) is 2.62. The van der Waals surface area contributed by atoms with Gasteiger partial charge in [0, 0.05) is 19.1 Å². The summed E-state index contributed by atoms with van der Waals surface area (Å²) in [5.41, 5.74) is 7.96. The zero-order valence-corrected chi connectivity index (χ0v) is 24.1. The second kappa shape index (κ2) is 13.6. The van der Waals surface area contributed by atoms with E-state index in [1.807, 2.05) is 11.0 Å². The van der Waals surface area contributed by atoms with Crippen molar-refractivity contribution in [3.05, 3.63) is 45.9 Å². The van der Waals surface area contributed by atoms with Crippen molar-refractivity contribution in [3.8, 4) is 6.01 Å². The van der Waals surface area contributed by atoms with Gasteiger partial charge in [0.2, 0.25) is 5.91 Å². The van der Waals surface area contributed by atoms with Crippen molar-refractivity contribution in [2.24, 2.45) is 0 Å². The SMILES string of the molecule is CCCCOc1nc(N)c2[nH]c(=O)n(CCCN(C(=O)Cc3cccc(C(C)C(=O)O)c3)C3CCN(C)CC3)c2n1. The third-order valence-corrected chi connectivity index (χ3v) is 7.77. The second-order valence-corrected chi connectivity index (χ2v) is 10.8. The molecule has 0 bridgehead atoms. The van der Waals surface area contributed by atoms with Gasteiger partial charge in [-0.1, -0.05) is 37.6 Å². The van der Waals surface area contributed by atoms with Crippen LogP contribution in [0.1, 0.15) is 63.0 Å². The number of anilines is 1. The lowest BCUT2D eigenvalue weighted by Gasteiger charge is -2.37. The molecule has 12 nitrogen and oxygen atoms in total. The van der Waals surface area contributed by atoms with E-state index in [9.17, 15) is 19.5 Å². The number of nitrogens with two attached hydrogens (primary N) is 1. The lowest BCUT2D eigenvalue weighted by atomic mass is 9.97. The molecule has 41 heavy (non-hydrogen) atoms. The van der Waals surface area contributed by atoms with Crippen LogP contribution in [-0.2, 0) is 22.6 Å². The van der Waals surface area contributed by atoms with Crippen molar-refractivity contribution < 1.29 is 19.4 Å². The van der Waals surface area contributed by atoms with E-state index in [0.29, 0.717) is 42.8 Å². The number of rotatable bonds is 13. The third-order valence-electron chi connectivity index (χ3n) is 7.77. The highest BCUT2D eigenvalue weighted by Gasteiger charge is 2.27. The van der Waals surface area contributed by atoms with E-state index in [4.69, 9.17) is 10.5 Å². The van der Waals surface area contributed by atoms with E-state index in [0.717, 1.165) is 44.3 Å². The lowest BCUT2D eigenvalue weighted by Crippen LogP contribution is -2.47. The molecule has 3 heterocycles. The maximum absolute atomic E-state index is 13.7. The van der Waals surface area contributed by atoms with Crippen LogP contribution in [0.5, 0.6) is 6.01 Å². The molecule has 4 rings (SSSR count). The summed E-state index contributed by atoms with van der Waals surface area (Å²) in [7, 11) is 2.08. The number of nitrogens with one attached hydrogen (secondary N) is 1. The van der Waals surface area contributed by atoms with Crippen molar-refractivity contribution in [2.45, 2.75) is 70.9 Å². The maximum atomic E-state index is 13.7. The Morgan fingerprint density at radius 1 is 1.24 bits per heavy atom. The number of nitrogen functional groups attached to an aromatic ring is 1. The number of carbonyl (C=O) groups is 2. The number of hydrogen-bond acceptors (Lipinski definition) is 8. The minimum Gasteiger partial charge on any atom is -0.481 e. The molecule has 0 spiro atoms. The lowest BCUT2D eigenvalue weighted by molar-refractivity contribution is -0.138. The molecule has 2 aromatic heterocycles. The van der Waals surface area contributed by atoms with Crippen molar-refractivity contribution in [1.82, 2.24) is 29.3 Å². The molecule has 12 heteroatoms. The Balaban J connectivity index is 1.50. The van der Waals surface area contributed by atoms with Crippen molar-refractivity contribution >= 4 is 28.9 Å². The van der Waals surface area contributed by atoms with Gasteiger partial charge in [-0.3, -0.25) is 14.2 Å². The summed E-state index contributed by atoms with van der Waals surface area (Å²) in [5.74, 6) is -1.41. The monoisotopic (exact) mass is 567 g/mol. The van der Waals surface area contributed by atoms with Crippen LogP contribution in [0.4, 0.5) is 5.82 Å². The average molecular weight is 568 g/mol.